The Bertz CT molecular complexity index is 1140. The van der Waals surface area contributed by atoms with Gasteiger partial charge in [-0.1, -0.05) is 288 Å². The number of hydrogen-bond acceptors (Lipinski definition) is 6. The zero-order valence-electron chi connectivity index (χ0n) is 45.6. The van der Waals surface area contributed by atoms with Gasteiger partial charge in [-0.2, -0.15) is 0 Å². The number of carbonyl (C=O) groups is 3. The predicted octanol–water partition coefficient (Wildman–Crippen LogP) is 20.0. The van der Waals surface area contributed by atoms with E-state index >= 15 is 0 Å². The highest BCUT2D eigenvalue weighted by Crippen LogP contribution is 2.18. The Morgan fingerprint density at radius 2 is 0.574 bits per heavy atom. The monoisotopic (exact) mass is 955 g/mol. The first-order valence-electron chi connectivity index (χ1n) is 30.0. The first-order chi connectivity index (χ1) is 33.5. The van der Waals surface area contributed by atoms with Crippen LogP contribution in [0.2, 0.25) is 0 Å². The summed E-state index contributed by atoms with van der Waals surface area (Å²) in [5.74, 6) is -0.900. The second kappa shape index (κ2) is 57.2. The van der Waals surface area contributed by atoms with Crippen LogP contribution in [0.15, 0.2) is 36.5 Å². The fourth-order valence-electron chi connectivity index (χ4n) is 8.93. The fourth-order valence-corrected chi connectivity index (χ4v) is 8.93. The highest BCUT2D eigenvalue weighted by Gasteiger charge is 2.19. The average Bonchev–Trinajstić information content (AvgIpc) is 3.34. The van der Waals surface area contributed by atoms with Gasteiger partial charge in [-0.25, -0.2) is 0 Å². The van der Waals surface area contributed by atoms with Crippen molar-refractivity contribution in [2.24, 2.45) is 0 Å². The van der Waals surface area contributed by atoms with Crippen molar-refractivity contribution in [3.63, 3.8) is 0 Å². The molecule has 1 unspecified atom stereocenters. The molecule has 0 aliphatic carbocycles. The molecule has 0 N–H and O–H groups in total. The predicted molar refractivity (Wildman–Crippen MR) is 293 cm³/mol. The van der Waals surface area contributed by atoms with Gasteiger partial charge in [-0.3, -0.25) is 14.4 Å². The van der Waals surface area contributed by atoms with E-state index in [1.807, 2.05) is 0 Å². The van der Waals surface area contributed by atoms with E-state index in [0.29, 0.717) is 19.3 Å². The minimum Gasteiger partial charge on any atom is -0.462 e. The van der Waals surface area contributed by atoms with Crippen molar-refractivity contribution >= 4 is 17.9 Å². The third-order valence-electron chi connectivity index (χ3n) is 13.4. The minimum atomic E-state index is -0.782. The van der Waals surface area contributed by atoms with E-state index < -0.39 is 6.10 Å². The van der Waals surface area contributed by atoms with Gasteiger partial charge in [0.2, 0.25) is 0 Å². The van der Waals surface area contributed by atoms with Crippen LogP contribution in [-0.2, 0) is 28.6 Å². The molecule has 0 aromatic carbocycles. The molecule has 0 spiro atoms. The molecule has 0 heterocycles. The Hall–Kier alpha value is -2.37. The van der Waals surface area contributed by atoms with Crippen molar-refractivity contribution in [3.05, 3.63) is 36.5 Å². The number of allylic oxidation sites excluding steroid dienone is 6. The Morgan fingerprint density at radius 3 is 0.897 bits per heavy atom. The zero-order valence-corrected chi connectivity index (χ0v) is 45.6. The molecule has 0 saturated carbocycles. The third-order valence-corrected chi connectivity index (χ3v) is 13.4. The lowest BCUT2D eigenvalue weighted by Gasteiger charge is -2.18. The Morgan fingerprint density at radius 1 is 0.309 bits per heavy atom. The molecule has 0 radical (unpaired) electrons. The van der Waals surface area contributed by atoms with Crippen LogP contribution in [0.1, 0.15) is 323 Å². The first-order valence-corrected chi connectivity index (χ1v) is 30.0. The van der Waals surface area contributed by atoms with Crippen molar-refractivity contribution in [2.75, 3.05) is 13.2 Å². The number of rotatable bonds is 55. The van der Waals surface area contributed by atoms with Crippen molar-refractivity contribution in [1.82, 2.24) is 0 Å². The molecule has 0 bridgehead atoms. The Kier molecular flexibility index (Phi) is 55.2. The van der Waals surface area contributed by atoms with Crippen LogP contribution < -0.4 is 0 Å². The van der Waals surface area contributed by atoms with Gasteiger partial charge in [-0.05, 0) is 51.4 Å². The van der Waals surface area contributed by atoms with Crippen LogP contribution in [0, 0.1) is 0 Å². The number of hydrogen-bond donors (Lipinski definition) is 0. The third kappa shape index (κ3) is 54.6. The molecule has 6 nitrogen and oxygen atoms in total. The van der Waals surface area contributed by atoms with Crippen LogP contribution >= 0.6 is 0 Å². The molecule has 0 aliphatic heterocycles. The van der Waals surface area contributed by atoms with Gasteiger partial charge in [0.05, 0.1) is 0 Å². The van der Waals surface area contributed by atoms with Gasteiger partial charge in [0, 0.05) is 19.3 Å². The average molecular weight is 956 g/mol. The molecular weight excluding hydrogens is 841 g/mol. The summed E-state index contributed by atoms with van der Waals surface area (Å²) in [7, 11) is 0. The van der Waals surface area contributed by atoms with Gasteiger partial charge < -0.3 is 14.2 Å². The lowest BCUT2D eigenvalue weighted by Crippen LogP contribution is -2.30. The summed E-state index contributed by atoms with van der Waals surface area (Å²) in [6, 6.07) is 0. The maximum atomic E-state index is 12.8. The molecule has 0 aromatic rings. The summed E-state index contributed by atoms with van der Waals surface area (Å²) in [6.07, 6.45) is 69.0. The smallest absolute Gasteiger partial charge is 0.306 e. The minimum absolute atomic E-state index is 0.0801. The van der Waals surface area contributed by atoms with Crippen LogP contribution in [0.4, 0.5) is 0 Å². The quantitative estimate of drug-likeness (QED) is 0.0262. The molecule has 0 saturated heterocycles. The maximum Gasteiger partial charge on any atom is 0.306 e. The fraction of sp³-hybridized carbons (Fsp3) is 0.855. The highest BCUT2D eigenvalue weighted by atomic mass is 16.6. The number of carbonyl (C=O) groups excluding carboxylic acids is 3. The second-order valence-electron chi connectivity index (χ2n) is 20.2. The van der Waals surface area contributed by atoms with Gasteiger partial charge in [-0.15, -0.1) is 0 Å². The van der Waals surface area contributed by atoms with Crippen LogP contribution in [-0.4, -0.2) is 37.2 Å². The van der Waals surface area contributed by atoms with E-state index in [2.05, 4.69) is 57.2 Å². The Balaban J connectivity index is 4.02. The molecule has 6 heteroatoms. The number of esters is 3. The van der Waals surface area contributed by atoms with Crippen LogP contribution in [0.3, 0.4) is 0 Å². The van der Waals surface area contributed by atoms with E-state index in [1.54, 1.807) is 0 Å². The number of unbranched alkanes of at least 4 members (excludes halogenated alkanes) is 38. The molecule has 0 fully saturated rings. The standard InChI is InChI=1S/C62H114O6/c1-4-7-10-13-16-19-21-23-24-25-26-27-28-29-30-31-32-33-34-35-36-37-38-40-41-43-46-49-52-55-61(64)67-58-59(57-66-60(63)54-51-48-45-18-15-12-9-6-3)68-62(65)56-53-50-47-44-42-39-22-20-17-14-11-8-5-2/h8,11,17,20,39,42,59H,4-7,9-10,12-16,18-19,21-38,40-41,43-58H2,1-3H3/b11-8-,20-17-,42-39-. The summed E-state index contributed by atoms with van der Waals surface area (Å²) in [4.78, 5) is 37.9. The summed E-state index contributed by atoms with van der Waals surface area (Å²) < 4.78 is 16.8. The molecular formula is C62H114O6. The molecule has 0 rings (SSSR count). The van der Waals surface area contributed by atoms with E-state index in [-0.39, 0.29) is 31.1 Å². The van der Waals surface area contributed by atoms with Crippen molar-refractivity contribution < 1.29 is 28.6 Å². The molecule has 0 aromatic heterocycles. The normalized spacial score (nSPS) is 12.2. The van der Waals surface area contributed by atoms with E-state index in [1.165, 1.54) is 199 Å². The lowest BCUT2D eigenvalue weighted by atomic mass is 10.0. The first kappa shape index (κ1) is 65.6. The summed E-state index contributed by atoms with van der Waals surface area (Å²) in [6.45, 7) is 6.51. The van der Waals surface area contributed by atoms with E-state index in [4.69, 9.17) is 14.2 Å². The summed E-state index contributed by atoms with van der Waals surface area (Å²) in [5.41, 5.74) is 0. The molecule has 398 valence electrons. The topological polar surface area (TPSA) is 78.9 Å². The van der Waals surface area contributed by atoms with Gasteiger partial charge in [0.25, 0.3) is 0 Å². The molecule has 68 heavy (non-hydrogen) atoms. The van der Waals surface area contributed by atoms with Crippen molar-refractivity contribution in [3.8, 4) is 0 Å². The Labute approximate surface area is 423 Å². The van der Waals surface area contributed by atoms with E-state index in [9.17, 15) is 14.4 Å². The van der Waals surface area contributed by atoms with Crippen LogP contribution in [0.5, 0.6) is 0 Å². The van der Waals surface area contributed by atoms with Gasteiger partial charge in [0.15, 0.2) is 6.10 Å². The number of ether oxygens (including phenoxy) is 3. The van der Waals surface area contributed by atoms with E-state index in [0.717, 1.165) is 83.5 Å². The lowest BCUT2D eigenvalue weighted by molar-refractivity contribution is -0.167. The molecule has 1 atom stereocenters. The molecule has 0 amide bonds. The zero-order chi connectivity index (χ0) is 49.3. The van der Waals surface area contributed by atoms with Crippen LogP contribution in [0.25, 0.3) is 0 Å². The molecule has 0 aliphatic rings. The summed E-state index contributed by atoms with van der Waals surface area (Å²) >= 11 is 0. The SMILES string of the molecule is CC/C=C\C/C=C\C/C=C\CCCCCC(=O)OC(COC(=O)CCCCCCCCCC)COC(=O)CCCCCCCCCCCCCCCCCCCCCCCCCCCCCCC. The second-order valence-corrected chi connectivity index (χ2v) is 20.2. The summed E-state index contributed by atoms with van der Waals surface area (Å²) in [5, 5.41) is 0. The van der Waals surface area contributed by atoms with Crippen molar-refractivity contribution in [1.29, 1.82) is 0 Å². The van der Waals surface area contributed by atoms with Gasteiger partial charge in [0.1, 0.15) is 13.2 Å². The maximum absolute atomic E-state index is 12.8. The van der Waals surface area contributed by atoms with Gasteiger partial charge >= 0.3 is 17.9 Å². The highest BCUT2D eigenvalue weighted by molar-refractivity contribution is 5.71. The van der Waals surface area contributed by atoms with Crippen molar-refractivity contribution in [2.45, 2.75) is 329 Å². The largest absolute Gasteiger partial charge is 0.462 e.